The van der Waals surface area contributed by atoms with Crippen LogP contribution in [0, 0.1) is 5.92 Å². The first-order valence-corrected chi connectivity index (χ1v) is 9.54. The molecule has 2 aliphatic rings. The maximum Gasteiger partial charge on any atom is 0.223 e. The molecule has 2 aliphatic heterocycles. The molecule has 1 spiro atoms. The Labute approximate surface area is 159 Å². The topological polar surface area (TPSA) is 80.5 Å². The van der Waals surface area contributed by atoms with Gasteiger partial charge in [-0.05, 0) is 24.5 Å². The highest BCUT2D eigenvalue weighted by Crippen LogP contribution is 2.39. The first kappa shape index (κ1) is 18.0. The minimum atomic E-state index is -0.232. The molecule has 2 aromatic heterocycles. The maximum atomic E-state index is 12.5. The Bertz CT molecular complexity index is 806. The molecule has 7 nitrogen and oxygen atoms in total. The number of aromatic nitrogens is 2. The number of nitrogens with zero attached hydrogens (tertiary/aromatic N) is 3. The average molecular weight is 370 g/mol. The summed E-state index contributed by atoms with van der Waals surface area (Å²) >= 11 is 0. The quantitative estimate of drug-likeness (QED) is 0.872. The number of likely N-dealkylation sites (tertiary alicyclic amines) is 1. The van der Waals surface area contributed by atoms with Crippen LogP contribution >= 0.6 is 0 Å². The van der Waals surface area contributed by atoms with E-state index in [1.807, 2.05) is 23.2 Å². The molecule has 1 unspecified atom stereocenters. The SMILES string of the molecule is CC(C)CC(=O)N1CCC2(COCc3cnc(NCc4ccco4)nc32)C1. The van der Waals surface area contributed by atoms with Crippen LogP contribution in [0.2, 0.25) is 0 Å². The van der Waals surface area contributed by atoms with Crippen molar-refractivity contribution in [3.63, 3.8) is 0 Å². The van der Waals surface area contributed by atoms with Crippen LogP contribution < -0.4 is 5.32 Å². The predicted octanol–water partition coefficient (Wildman–Crippen LogP) is 2.73. The zero-order valence-corrected chi connectivity index (χ0v) is 15.9. The lowest BCUT2D eigenvalue weighted by atomic mass is 9.80. The van der Waals surface area contributed by atoms with Crippen molar-refractivity contribution in [2.45, 2.75) is 45.3 Å². The summed E-state index contributed by atoms with van der Waals surface area (Å²) in [4.78, 5) is 23.7. The van der Waals surface area contributed by atoms with Crippen molar-refractivity contribution >= 4 is 11.9 Å². The Morgan fingerprint density at radius 2 is 2.33 bits per heavy atom. The van der Waals surface area contributed by atoms with E-state index in [9.17, 15) is 4.79 Å². The lowest BCUT2D eigenvalue weighted by Gasteiger charge is -2.34. The predicted molar refractivity (Wildman–Crippen MR) is 100 cm³/mol. The number of hydrogen-bond donors (Lipinski definition) is 1. The Hall–Kier alpha value is -2.41. The summed E-state index contributed by atoms with van der Waals surface area (Å²) in [7, 11) is 0. The zero-order valence-electron chi connectivity index (χ0n) is 15.9. The Balaban J connectivity index is 1.53. The molecule has 0 bridgehead atoms. The summed E-state index contributed by atoms with van der Waals surface area (Å²) in [6.07, 6.45) is 4.95. The summed E-state index contributed by atoms with van der Waals surface area (Å²) in [5.74, 6) is 2.00. The van der Waals surface area contributed by atoms with Crippen LogP contribution in [0.1, 0.15) is 43.7 Å². The van der Waals surface area contributed by atoms with Crippen molar-refractivity contribution < 1.29 is 13.9 Å². The standard InChI is InChI=1S/C20H26N4O3/c1-14(2)8-17(25)24-6-5-20(12-24)13-26-11-15-9-21-19(23-18(15)20)22-10-16-4-3-7-27-16/h3-4,7,9,14H,5-6,8,10-13H2,1-2H3,(H,21,22,23). The molecule has 0 aromatic carbocycles. The third-order valence-corrected chi connectivity index (χ3v) is 5.29. The van der Waals surface area contributed by atoms with Gasteiger partial charge in [0, 0.05) is 31.3 Å². The zero-order chi connectivity index (χ0) is 18.9. The van der Waals surface area contributed by atoms with E-state index >= 15 is 0 Å². The monoisotopic (exact) mass is 370 g/mol. The van der Waals surface area contributed by atoms with Gasteiger partial charge >= 0.3 is 0 Å². The van der Waals surface area contributed by atoms with Crippen LogP contribution in [0.3, 0.4) is 0 Å². The van der Waals surface area contributed by atoms with Gasteiger partial charge in [-0.1, -0.05) is 13.8 Å². The first-order valence-electron chi connectivity index (χ1n) is 9.54. The largest absolute Gasteiger partial charge is 0.467 e. The molecule has 1 saturated heterocycles. The molecule has 2 aromatic rings. The number of furan rings is 1. The number of hydrogen-bond acceptors (Lipinski definition) is 6. The van der Waals surface area contributed by atoms with E-state index in [-0.39, 0.29) is 11.3 Å². The number of ether oxygens (including phenoxy) is 1. The van der Waals surface area contributed by atoms with Gasteiger partial charge in [0.25, 0.3) is 0 Å². The Morgan fingerprint density at radius 3 is 3.11 bits per heavy atom. The van der Waals surface area contributed by atoms with Gasteiger partial charge in [0.1, 0.15) is 5.76 Å². The second kappa shape index (κ2) is 7.31. The van der Waals surface area contributed by atoms with Crippen LogP contribution in [-0.4, -0.2) is 40.5 Å². The van der Waals surface area contributed by atoms with E-state index in [1.54, 1.807) is 6.26 Å². The molecule has 1 fully saturated rings. The van der Waals surface area contributed by atoms with Gasteiger partial charge < -0.3 is 19.4 Å². The van der Waals surface area contributed by atoms with E-state index < -0.39 is 0 Å². The van der Waals surface area contributed by atoms with Gasteiger partial charge in [0.05, 0.1) is 37.1 Å². The van der Waals surface area contributed by atoms with Crippen LogP contribution in [0.5, 0.6) is 0 Å². The highest BCUT2D eigenvalue weighted by Gasteiger charge is 2.46. The molecule has 0 aliphatic carbocycles. The fourth-order valence-electron chi connectivity index (χ4n) is 3.94. The van der Waals surface area contributed by atoms with E-state index in [0.29, 0.717) is 44.6 Å². The van der Waals surface area contributed by atoms with E-state index in [4.69, 9.17) is 14.1 Å². The number of fused-ring (bicyclic) bond motifs is 2. The van der Waals surface area contributed by atoms with Gasteiger partial charge in [-0.15, -0.1) is 0 Å². The van der Waals surface area contributed by atoms with Crippen molar-refractivity contribution in [1.29, 1.82) is 0 Å². The third kappa shape index (κ3) is 3.69. The van der Waals surface area contributed by atoms with Crippen molar-refractivity contribution in [2.24, 2.45) is 5.92 Å². The summed E-state index contributed by atoms with van der Waals surface area (Å²) in [6, 6.07) is 3.77. The minimum absolute atomic E-state index is 0.222. The normalized spacial score (nSPS) is 21.7. The van der Waals surface area contributed by atoms with Crippen molar-refractivity contribution in [1.82, 2.24) is 14.9 Å². The van der Waals surface area contributed by atoms with Gasteiger partial charge in [-0.25, -0.2) is 9.97 Å². The molecular weight excluding hydrogens is 344 g/mol. The van der Waals surface area contributed by atoms with Crippen LogP contribution in [0.25, 0.3) is 0 Å². The van der Waals surface area contributed by atoms with E-state index in [1.165, 1.54) is 0 Å². The average Bonchev–Trinajstić information content (AvgIpc) is 3.31. The second-order valence-electron chi connectivity index (χ2n) is 7.94. The third-order valence-electron chi connectivity index (χ3n) is 5.29. The van der Waals surface area contributed by atoms with Crippen molar-refractivity contribution in [3.05, 3.63) is 41.6 Å². The van der Waals surface area contributed by atoms with Gasteiger partial charge in [0.2, 0.25) is 11.9 Å². The maximum absolute atomic E-state index is 12.5. The van der Waals surface area contributed by atoms with Crippen molar-refractivity contribution in [3.8, 4) is 0 Å². The molecule has 1 amide bonds. The molecule has 1 N–H and O–H groups in total. The van der Waals surface area contributed by atoms with Gasteiger partial charge in [0.15, 0.2) is 0 Å². The molecule has 4 rings (SSSR count). The smallest absolute Gasteiger partial charge is 0.223 e. The first-order chi connectivity index (χ1) is 13.1. The number of amides is 1. The number of carbonyl (C=O) groups is 1. The summed E-state index contributed by atoms with van der Waals surface area (Å²) in [5.41, 5.74) is 1.80. The number of nitrogens with one attached hydrogen (secondary N) is 1. The molecule has 7 heteroatoms. The van der Waals surface area contributed by atoms with E-state index in [0.717, 1.165) is 30.0 Å². The van der Waals surface area contributed by atoms with Gasteiger partial charge in [-0.3, -0.25) is 4.79 Å². The lowest BCUT2D eigenvalue weighted by molar-refractivity contribution is -0.131. The number of rotatable bonds is 5. The van der Waals surface area contributed by atoms with E-state index in [2.05, 4.69) is 24.1 Å². The van der Waals surface area contributed by atoms with Crippen LogP contribution in [0.15, 0.2) is 29.0 Å². The van der Waals surface area contributed by atoms with Crippen LogP contribution in [0.4, 0.5) is 5.95 Å². The molecule has 27 heavy (non-hydrogen) atoms. The Kier molecular flexibility index (Phi) is 4.86. The minimum Gasteiger partial charge on any atom is -0.467 e. The molecule has 1 atom stereocenters. The highest BCUT2D eigenvalue weighted by molar-refractivity contribution is 5.77. The summed E-state index contributed by atoms with van der Waals surface area (Å²) in [5, 5.41) is 3.23. The second-order valence-corrected chi connectivity index (χ2v) is 7.94. The molecular formula is C20H26N4O3. The van der Waals surface area contributed by atoms with Crippen LogP contribution in [-0.2, 0) is 28.1 Å². The summed E-state index contributed by atoms with van der Waals surface area (Å²) in [6.45, 7) is 7.23. The van der Waals surface area contributed by atoms with Gasteiger partial charge in [-0.2, -0.15) is 0 Å². The summed E-state index contributed by atoms with van der Waals surface area (Å²) < 4.78 is 11.2. The fourth-order valence-corrected chi connectivity index (χ4v) is 3.94. The molecule has 144 valence electrons. The molecule has 0 saturated carbocycles. The number of anilines is 1. The highest BCUT2D eigenvalue weighted by atomic mass is 16.5. The lowest BCUT2D eigenvalue weighted by Crippen LogP contribution is -2.42. The molecule has 0 radical (unpaired) electrons. The molecule has 4 heterocycles. The Morgan fingerprint density at radius 1 is 1.44 bits per heavy atom. The fraction of sp³-hybridized carbons (Fsp3) is 0.550. The van der Waals surface area contributed by atoms with Crippen molar-refractivity contribution in [2.75, 3.05) is 25.0 Å². The number of carbonyl (C=O) groups excluding carboxylic acids is 1.